The van der Waals surface area contributed by atoms with Crippen LogP contribution in [0.4, 0.5) is 21.6 Å². The Morgan fingerprint density at radius 3 is 2.63 bits per heavy atom. The molecule has 0 amide bonds. The molecule has 2 unspecified atom stereocenters. The summed E-state index contributed by atoms with van der Waals surface area (Å²) in [6.07, 6.45) is 1.42. The van der Waals surface area contributed by atoms with Gasteiger partial charge in [0, 0.05) is 16.7 Å². The van der Waals surface area contributed by atoms with Crippen LogP contribution in [-0.2, 0) is 17.1 Å². The highest BCUT2D eigenvalue weighted by Crippen LogP contribution is 2.44. The quantitative estimate of drug-likeness (QED) is 0.485. The van der Waals surface area contributed by atoms with Crippen molar-refractivity contribution in [3.8, 4) is 5.75 Å². The maximum Gasteiger partial charge on any atom is 0.255 e. The average molecular weight is 549 g/mol. The van der Waals surface area contributed by atoms with Gasteiger partial charge in [-0.1, -0.05) is 13.8 Å². The number of hydrogen-bond acceptors (Lipinski definition) is 5. The van der Waals surface area contributed by atoms with Gasteiger partial charge in [-0.2, -0.15) is 0 Å². The molecule has 0 saturated heterocycles. The van der Waals surface area contributed by atoms with Gasteiger partial charge in [0.1, 0.15) is 17.3 Å². The predicted octanol–water partition coefficient (Wildman–Crippen LogP) is 4.06. The second-order valence-corrected chi connectivity index (χ2v) is 11.0. The van der Waals surface area contributed by atoms with Crippen molar-refractivity contribution in [3.05, 3.63) is 44.0 Å². The molecule has 2 atom stereocenters. The van der Waals surface area contributed by atoms with Crippen LogP contribution >= 0.6 is 22.6 Å². The number of nitrogens with one attached hydrogen (secondary N) is 2. The number of sulfonamides is 1. The highest BCUT2D eigenvalue weighted by atomic mass is 127. The van der Waals surface area contributed by atoms with Crippen LogP contribution < -0.4 is 20.3 Å². The van der Waals surface area contributed by atoms with E-state index in [2.05, 4.69) is 23.9 Å². The number of pyridine rings is 1. The van der Waals surface area contributed by atoms with Crippen LogP contribution in [0.15, 0.2) is 29.1 Å². The zero-order valence-electron chi connectivity index (χ0n) is 17.2. The van der Waals surface area contributed by atoms with Gasteiger partial charge >= 0.3 is 0 Å². The van der Waals surface area contributed by atoms with E-state index in [1.165, 1.54) is 36.9 Å². The largest absolute Gasteiger partial charge is 0.494 e. The van der Waals surface area contributed by atoms with Gasteiger partial charge in [-0.25, -0.2) is 12.8 Å². The first kappa shape index (κ1) is 22.9. The first-order valence-electron chi connectivity index (χ1n) is 9.55. The van der Waals surface area contributed by atoms with Crippen molar-refractivity contribution >= 4 is 49.8 Å². The number of rotatable bonds is 8. The van der Waals surface area contributed by atoms with E-state index in [0.717, 1.165) is 6.42 Å². The van der Waals surface area contributed by atoms with Gasteiger partial charge in [-0.15, -0.1) is 0 Å². The summed E-state index contributed by atoms with van der Waals surface area (Å²) in [6, 6.07) is 5.77. The van der Waals surface area contributed by atoms with E-state index >= 15 is 0 Å². The summed E-state index contributed by atoms with van der Waals surface area (Å²) in [5.41, 5.74) is -0.233. The number of benzene rings is 1. The van der Waals surface area contributed by atoms with Crippen molar-refractivity contribution in [3.63, 3.8) is 0 Å². The first-order chi connectivity index (χ1) is 14.0. The van der Waals surface area contributed by atoms with Gasteiger partial charge in [0.25, 0.3) is 5.56 Å². The van der Waals surface area contributed by atoms with Crippen molar-refractivity contribution in [1.29, 1.82) is 0 Å². The van der Waals surface area contributed by atoms with Crippen LogP contribution in [0.5, 0.6) is 5.75 Å². The molecule has 1 heterocycles. The van der Waals surface area contributed by atoms with E-state index in [0.29, 0.717) is 15.9 Å². The summed E-state index contributed by atoms with van der Waals surface area (Å²) in [5.74, 6) is 0.153. The number of hydrogen-bond donors (Lipinski definition) is 2. The van der Waals surface area contributed by atoms with Crippen LogP contribution in [0.2, 0.25) is 0 Å². The summed E-state index contributed by atoms with van der Waals surface area (Å²) in [4.78, 5) is 12.4. The molecule has 10 heteroatoms. The Bertz CT molecular complexity index is 1120. The molecule has 3 rings (SSSR count). The number of halogens is 2. The molecular formula is C20H25FIN3O4S. The molecule has 0 aliphatic heterocycles. The van der Waals surface area contributed by atoms with Gasteiger partial charge in [-0.3, -0.25) is 14.1 Å². The van der Waals surface area contributed by atoms with E-state index in [-0.39, 0.29) is 28.9 Å². The maximum absolute atomic E-state index is 14.4. The van der Waals surface area contributed by atoms with E-state index in [4.69, 9.17) is 4.74 Å². The van der Waals surface area contributed by atoms with Gasteiger partial charge in [-0.05, 0) is 65.5 Å². The predicted molar refractivity (Wildman–Crippen MR) is 125 cm³/mol. The van der Waals surface area contributed by atoms with Crippen molar-refractivity contribution in [2.75, 3.05) is 17.1 Å². The third-order valence-corrected chi connectivity index (χ3v) is 7.62. The fourth-order valence-corrected chi connectivity index (χ4v) is 5.68. The number of anilines is 3. The molecule has 1 fully saturated rings. The minimum absolute atomic E-state index is 0.0659. The van der Waals surface area contributed by atoms with Crippen LogP contribution in [-0.4, -0.2) is 25.3 Å². The molecular weight excluding hydrogens is 524 g/mol. The number of methoxy groups -OCH3 is 1. The molecule has 1 aromatic carbocycles. The van der Waals surface area contributed by atoms with Crippen LogP contribution in [0, 0.1) is 21.2 Å². The van der Waals surface area contributed by atoms with Crippen LogP contribution in [0.1, 0.15) is 26.7 Å². The average Bonchev–Trinajstić information content (AvgIpc) is 3.42. The summed E-state index contributed by atoms with van der Waals surface area (Å²) in [7, 11) is -0.884. The summed E-state index contributed by atoms with van der Waals surface area (Å²) in [5, 5.41) is 2.36. The fourth-order valence-electron chi connectivity index (χ4n) is 3.47. The Morgan fingerprint density at radius 2 is 2.03 bits per heavy atom. The van der Waals surface area contributed by atoms with Crippen molar-refractivity contribution in [2.24, 2.45) is 18.9 Å². The Morgan fingerprint density at radius 1 is 1.33 bits per heavy atom. The topological polar surface area (TPSA) is 89.4 Å². The Balaban J connectivity index is 2.01. The SMILES string of the molecule is COc1cc(=O)n(C)c(Nc2ccc(I)cc2F)c1NS(=O)(=O)C1CC1CC(C)C. The maximum atomic E-state index is 14.4. The lowest BCUT2D eigenvalue weighted by Gasteiger charge is -2.20. The monoisotopic (exact) mass is 549 g/mol. The Hall–Kier alpha value is -1.82. The minimum Gasteiger partial charge on any atom is -0.494 e. The van der Waals surface area contributed by atoms with Crippen molar-refractivity contribution in [1.82, 2.24) is 4.57 Å². The summed E-state index contributed by atoms with van der Waals surface area (Å²) < 4.78 is 50.2. The first-order valence-corrected chi connectivity index (χ1v) is 12.2. The molecule has 0 bridgehead atoms. The molecule has 1 aliphatic carbocycles. The molecule has 2 N–H and O–H groups in total. The zero-order chi connectivity index (χ0) is 22.2. The molecule has 1 aromatic heterocycles. The lowest BCUT2D eigenvalue weighted by Crippen LogP contribution is -2.25. The molecule has 1 aliphatic rings. The highest BCUT2D eigenvalue weighted by Gasteiger charge is 2.47. The number of aromatic nitrogens is 1. The van der Waals surface area contributed by atoms with Gasteiger partial charge < -0.3 is 10.1 Å². The standard InChI is InChI=1S/C20H25FIN3O4S/c1-11(2)7-12-8-17(12)30(27,28)24-19-16(29-4)10-18(26)25(3)20(19)23-15-6-5-13(22)9-14(15)21/h5-6,9-12,17,23-24H,7-8H2,1-4H3. The Kier molecular flexibility index (Phi) is 6.66. The molecule has 30 heavy (non-hydrogen) atoms. The van der Waals surface area contributed by atoms with E-state index in [1.807, 2.05) is 22.6 Å². The third kappa shape index (κ3) is 4.90. The summed E-state index contributed by atoms with van der Waals surface area (Å²) in [6.45, 7) is 4.12. The molecule has 164 valence electrons. The lowest BCUT2D eigenvalue weighted by molar-refractivity contribution is 0.415. The van der Waals surface area contributed by atoms with Crippen LogP contribution in [0.3, 0.4) is 0 Å². The smallest absolute Gasteiger partial charge is 0.255 e. The van der Waals surface area contributed by atoms with Crippen LogP contribution in [0.25, 0.3) is 0 Å². The van der Waals surface area contributed by atoms with E-state index in [9.17, 15) is 17.6 Å². The molecule has 2 aromatic rings. The molecule has 0 spiro atoms. The van der Waals surface area contributed by atoms with Gasteiger partial charge in [0.2, 0.25) is 10.0 Å². The Labute approximate surface area is 189 Å². The highest BCUT2D eigenvalue weighted by molar-refractivity contribution is 14.1. The zero-order valence-corrected chi connectivity index (χ0v) is 20.2. The number of nitrogens with zero attached hydrogens (tertiary/aromatic N) is 1. The fraction of sp³-hybridized carbons (Fsp3) is 0.450. The lowest BCUT2D eigenvalue weighted by atomic mass is 10.1. The summed E-state index contributed by atoms with van der Waals surface area (Å²) >= 11 is 1.99. The normalized spacial score (nSPS) is 18.4. The second kappa shape index (κ2) is 8.74. The van der Waals surface area contributed by atoms with E-state index < -0.39 is 26.6 Å². The molecule has 0 radical (unpaired) electrons. The third-order valence-electron chi connectivity index (χ3n) is 5.08. The van der Waals surface area contributed by atoms with Gasteiger partial charge in [0.15, 0.2) is 5.75 Å². The molecule has 7 nitrogen and oxygen atoms in total. The minimum atomic E-state index is -3.71. The van der Waals surface area contributed by atoms with Gasteiger partial charge in [0.05, 0.1) is 18.0 Å². The second-order valence-electron chi connectivity index (χ2n) is 7.89. The van der Waals surface area contributed by atoms with E-state index in [1.54, 1.807) is 6.07 Å². The van der Waals surface area contributed by atoms with Crippen molar-refractivity contribution < 1.29 is 17.5 Å². The molecule has 1 saturated carbocycles. The van der Waals surface area contributed by atoms with Crippen molar-refractivity contribution in [2.45, 2.75) is 31.9 Å². The number of ether oxygens (including phenoxy) is 1.